The zero-order valence-electron chi connectivity index (χ0n) is 17.7. The molecule has 0 aliphatic heterocycles. The van der Waals surface area contributed by atoms with E-state index in [0.717, 1.165) is 54.9 Å². The number of carbonyl (C=O) groups excluding carboxylic acids is 1. The van der Waals surface area contributed by atoms with E-state index in [-0.39, 0.29) is 11.9 Å². The SMILES string of the molecule is C/C=C\CCCNc1nc(CN(C)CC2CC2C(=O)OCC)nc2ccccc12. The van der Waals surface area contributed by atoms with Crippen LogP contribution in [0.1, 0.15) is 38.9 Å². The molecule has 1 aliphatic rings. The molecule has 2 unspecified atom stereocenters. The second-order valence-corrected chi connectivity index (χ2v) is 7.69. The minimum Gasteiger partial charge on any atom is -0.466 e. The fourth-order valence-electron chi connectivity index (χ4n) is 3.62. The molecule has 1 N–H and O–H groups in total. The van der Waals surface area contributed by atoms with Gasteiger partial charge in [-0.1, -0.05) is 24.3 Å². The Morgan fingerprint density at radius 1 is 1.34 bits per heavy atom. The van der Waals surface area contributed by atoms with Gasteiger partial charge in [-0.25, -0.2) is 9.97 Å². The average Bonchev–Trinajstić information content (AvgIpc) is 3.47. The zero-order chi connectivity index (χ0) is 20.6. The van der Waals surface area contributed by atoms with Crippen molar-refractivity contribution in [3.63, 3.8) is 0 Å². The highest BCUT2D eigenvalue weighted by atomic mass is 16.5. The van der Waals surface area contributed by atoms with Crippen molar-refractivity contribution in [2.45, 2.75) is 39.7 Å². The number of unbranched alkanes of at least 4 members (excludes halogenated alkanes) is 1. The summed E-state index contributed by atoms with van der Waals surface area (Å²) in [7, 11) is 2.06. The van der Waals surface area contributed by atoms with E-state index in [9.17, 15) is 4.79 Å². The molecule has 1 aromatic heterocycles. The van der Waals surface area contributed by atoms with E-state index in [1.54, 1.807) is 0 Å². The Hall–Kier alpha value is -2.47. The fraction of sp³-hybridized carbons (Fsp3) is 0.522. The summed E-state index contributed by atoms with van der Waals surface area (Å²) in [5.74, 6) is 2.08. The molecule has 0 saturated heterocycles. The summed E-state index contributed by atoms with van der Waals surface area (Å²) < 4.78 is 5.13. The van der Waals surface area contributed by atoms with Crippen molar-refractivity contribution >= 4 is 22.7 Å². The van der Waals surface area contributed by atoms with Crippen molar-refractivity contribution in [1.82, 2.24) is 14.9 Å². The Labute approximate surface area is 173 Å². The Kier molecular flexibility index (Phi) is 7.58. The maximum Gasteiger partial charge on any atom is 0.309 e. The van der Waals surface area contributed by atoms with Crippen LogP contribution in [-0.4, -0.2) is 47.6 Å². The summed E-state index contributed by atoms with van der Waals surface area (Å²) >= 11 is 0. The van der Waals surface area contributed by atoms with Crippen LogP contribution in [0.25, 0.3) is 10.9 Å². The zero-order valence-corrected chi connectivity index (χ0v) is 17.7. The molecule has 1 aromatic carbocycles. The lowest BCUT2D eigenvalue weighted by atomic mass is 10.2. The largest absolute Gasteiger partial charge is 0.466 e. The van der Waals surface area contributed by atoms with Crippen molar-refractivity contribution in [2.24, 2.45) is 11.8 Å². The van der Waals surface area contributed by atoms with Gasteiger partial charge in [0.2, 0.25) is 0 Å². The summed E-state index contributed by atoms with van der Waals surface area (Å²) in [5, 5.41) is 4.54. The van der Waals surface area contributed by atoms with E-state index < -0.39 is 0 Å². The van der Waals surface area contributed by atoms with Gasteiger partial charge in [-0.05, 0) is 58.2 Å². The van der Waals surface area contributed by atoms with Crippen LogP contribution in [0, 0.1) is 11.8 Å². The van der Waals surface area contributed by atoms with Crippen molar-refractivity contribution in [3.05, 3.63) is 42.2 Å². The molecule has 6 heteroatoms. The number of hydrogen-bond donors (Lipinski definition) is 1. The molecule has 0 radical (unpaired) electrons. The van der Waals surface area contributed by atoms with Gasteiger partial charge in [0, 0.05) is 18.5 Å². The molecular weight excluding hydrogens is 364 g/mol. The molecule has 156 valence electrons. The van der Waals surface area contributed by atoms with Crippen LogP contribution in [0.3, 0.4) is 0 Å². The topological polar surface area (TPSA) is 67.4 Å². The number of ether oxygens (including phenoxy) is 1. The smallest absolute Gasteiger partial charge is 0.309 e. The molecule has 0 spiro atoms. The van der Waals surface area contributed by atoms with Crippen LogP contribution in [0.15, 0.2) is 36.4 Å². The maximum absolute atomic E-state index is 11.8. The van der Waals surface area contributed by atoms with Crippen LogP contribution < -0.4 is 5.32 Å². The molecule has 29 heavy (non-hydrogen) atoms. The summed E-state index contributed by atoms with van der Waals surface area (Å²) in [4.78, 5) is 23.6. The van der Waals surface area contributed by atoms with Crippen LogP contribution in [0.5, 0.6) is 0 Å². The van der Waals surface area contributed by atoms with Crippen molar-refractivity contribution in [2.75, 3.05) is 32.1 Å². The number of anilines is 1. The van der Waals surface area contributed by atoms with Gasteiger partial charge in [-0.2, -0.15) is 0 Å². The lowest BCUT2D eigenvalue weighted by Crippen LogP contribution is -2.23. The number of nitrogens with zero attached hydrogens (tertiary/aromatic N) is 3. The number of esters is 1. The number of nitrogens with one attached hydrogen (secondary N) is 1. The monoisotopic (exact) mass is 396 g/mol. The highest BCUT2D eigenvalue weighted by molar-refractivity contribution is 5.88. The van der Waals surface area contributed by atoms with Gasteiger partial charge in [-0.15, -0.1) is 0 Å². The minimum absolute atomic E-state index is 0.0581. The minimum atomic E-state index is -0.0581. The van der Waals surface area contributed by atoms with Crippen LogP contribution >= 0.6 is 0 Å². The standard InChI is InChI=1S/C23H32N4O2/c1-4-6-7-10-13-24-22-18-11-8-9-12-20(18)25-21(26-22)16-27(3)15-17-14-19(17)23(28)29-5-2/h4,6,8-9,11-12,17,19H,5,7,10,13-16H2,1-3H3,(H,24,25,26)/b6-4-. The molecule has 0 amide bonds. The van der Waals surface area contributed by atoms with Crippen molar-refractivity contribution < 1.29 is 9.53 Å². The van der Waals surface area contributed by atoms with Gasteiger partial charge in [0.05, 0.1) is 24.6 Å². The second-order valence-electron chi connectivity index (χ2n) is 7.69. The molecule has 0 bridgehead atoms. The van der Waals surface area contributed by atoms with E-state index in [4.69, 9.17) is 14.7 Å². The Bertz CT molecular complexity index is 852. The van der Waals surface area contributed by atoms with Gasteiger partial charge in [0.15, 0.2) is 0 Å². The fourth-order valence-corrected chi connectivity index (χ4v) is 3.62. The van der Waals surface area contributed by atoms with Crippen LogP contribution in [0.4, 0.5) is 5.82 Å². The number of hydrogen-bond acceptors (Lipinski definition) is 6. The molecule has 6 nitrogen and oxygen atoms in total. The molecule has 2 aromatic rings. The molecule has 1 aliphatic carbocycles. The lowest BCUT2D eigenvalue weighted by Gasteiger charge is -2.17. The van der Waals surface area contributed by atoms with E-state index in [0.29, 0.717) is 19.1 Å². The maximum atomic E-state index is 11.8. The summed E-state index contributed by atoms with van der Waals surface area (Å²) in [6.45, 7) is 6.74. The second kappa shape index (κ2) is 10.3. The normalized spacial score (nSPS) is 18.5. The third-order valence-corrected chi connectivity index (χ3v) is 5.19. The summed E-state index contributed by atoms with van der Waals surface area (Å²) in [6.07, 6.45) is 7.31. The number of aromatic nitrogens is 2. The number of benzene rings is 1. The van der Waals surface area contributed by atoms with Gasteiger partial charge < -0.3 is 10.1 Å². The molecule has 2 atom stereocenters. The molecule has 1 fully saturated rings. The Morgan fingerprint density at radius 3 is 2.97 bits per heavy atom. The van der Waals surface area contributed by atoms with Gasteiger partial charge in [0.25, 0.3) is 0 Å². The number of allylic oxidation sites excluding steroid dienone is 2. The number of carbonyl (C=O) groups is 1. The molecular formula is C23H32N4O2. The van der Waals surface area contributed by atoms with E-state index >= 15 is 0 Å². The Balaban J connectivity index is 1.62. The van der Waals surface area contributed by atoms with Crippen molar-refractivity contribution in [3.8, 4) is 0 Å². The first-order valence-corrected chi connectivity index (χ1v) is 10.6. The summed E-state index contributed by atoms with van der Waals surface area (Å²) in [5.41, 5.74) is 0.956. The number of para-hydroxylation sites is 1. The first-order valence-electron chi connectivity index (χ1n) is 10.6. The highest BCUT2D eigenvalue weighted by Gasteiger charge is 2.44. The quantitative estimate of drug-likeness (QED) is 0.351. The van der Waals surface area contributed by atoms with E-state index in [2.05, 4.69) is 35.5 Å². The number of rotatable bonds is 11. The lowest BCUT2D eigenvalue weighted by molar-refractivity contribution is -0.145. The third-order valence-electron chi connectivity index (χ3n) is 5.19. The van der Waals surface area contributed by atoms with Crippen molar-refractivity contribution in [1.29, 1.82) is 0 Å². The first-order chi connectivity index (χ1) is 14.1. The predicted octanol–water partition coefficient (Wildman–Crippen LogP) is 4.03. The molecule has 1 saturated carbocycles. The molecule has 1 heterocycles. The highest BCUT2D eigenvalue weighted by Crippen LogP contribution is 2.40. The Morgan fingerprint density at radius 2 is 2.17 bits per heavy atom. The van der Waals surface area contributed by atoms with Gasteiger partial charge in [0.1, 0.15) is 11.6 Å². The van der Waals surface area contributed by atoms with Gasteiger partial charge >= 0.3 is 5.97 Å². The predicted molar refractivity (Wildman–Crippen MR) is 117 cm³/mol. The molecule has 3 rings (SSSR count). The van der Waals surface area contributed by atoms with E-state index in [1.807, 2.05) is 32.0 Å². The van der Waals surface area contributed by atoms with Gasteiger partial charge in [-0.3, -0.25) is 9.69 Å². The average molecular weight is 397 g/mol. The summed E-state index contributed by atoms with van der Waals surface area (Å²) in [6, 6.07) is 8.12. The van der Waals surface area contributed by atoms with E-state index in [1.165, 1.54) is 0 Å². The van der Waals surface area contributed by atoms with Crippen LogP contribution in [0.2, 0.25) is 0 Å². The first kappa shape index (κ1) is 21.2. The number of fused-ring (bicyclic) bond motifs is 1. The third kappa shape index (κ3) is 6.00. The van der Waals surface area contributed by atoms with Crippen LogP contribution in [-0.2, 0) is 16.1 Å².